The molecule has 9 heteroatoms. The Labute approximate surface area is 196 Å². The minimum absolute atomic E-state index is 0.245. The first kappa shape index (κ1) is 22.3. The molecule has 2 aromatic heterocycles. The van der Waals surface area contributed by atoms with E-state index in [1.165, 1.54) is 6.07 Å². The Morgan fingerprint density at radius 3 is 2.97 bits per heavy atom. The van der Waals surface area contributed by atoms with Crippen molar-refractivity contribution in [2.24, 2.45) is 0 Å². The molecule has 5 rings (SSSR count). The van der Waals surface area contributed by atoms with Gasteiger partial charge in [-0.05, 0) is 45.5 Å². The number of hydrogen-bond acceptors (Lipinski definition) is 5. The number of carbonyl (C=O) groups excluding carboxylic acids is 1. The third-order valence-corrected chi connectivity index (χ3v) is 6.69. The minimum atomic E-state index is -0.699. The predicted octanol–water partition coefficient (Wildman–Crippen LogP) is 4.17. The third-order valence-electron chi connectivity index (χ3n) is 6.69. The van der Waals surface area contributed by atoms with Gasteiger partial charge in [-0.15, -0.1) is 0 Å². The lowest BCUT2D eigenvalue weighted by Gasteiger charge is -2.21. The van der Waals surface area contributed by atoms with Crippen LogP contribution in [0.4, 0.5) is 20.2 Å². The van der Waals surface area contributed by atoms with E-state index >= 15 is 0 Å². The quantitative estimate of drug-likeness (QED) is 0.507. The zero-order valence-electron chi connectivity index (χ0n) is 19.2. The maximum atomic E-state index is 14.3. The Kier molecular flexibility index (Phi) is 5.95. The summed E-state index contributed by atoms with van der Waals surface area (Å²) < 4.78 is 34.5. The maximum Gasteiger partial charge on any atom is 0.255 e. The van der Waals surface area contributed by atoms with Gasteiger partial charge in [0.15, 0.2) is 0 Å². The van der Waals surface area contributed by atoms with Gasteiger partial charge in [-0.1, -0.05) is 0 Å². The Balaban J connectivity index is 1.57. The highest BCUT2D eigenvalue weighted by molar-refractivity contribution is 6.06. The number of nitrogens with zero attached hydrogens (tertiary/aromatic N) is 2. The van der Waals surface area contributed by atoms with Crippen molar-refractivity contribution in [1.29, 1.82) is 0 Å². The molecule has 4 heterocycles. The molecule has 0 radical (unpaired) electrons. The highest BCUT2D eigenvalue weighted by Crippen LogP contribution is 2.41. The largest absolute Gasteiger partial charge is 0.490 e. The number of amides is 1. The van der Waals surface area contributed by atoms with Crippen molar-refractivity contribution in [1.82, 2.24) is 20.2 Å². The number of hydrogen-bond donors (Lipinski definition) is 3. The Morgan fingerprint density at radius 2 is 2.18 bits per heavy atom. The molecule has 34 heavy (non-hydrogen) atoms. The van der Waals surface area contributed by atoms with Crippen LogP contribution in [0.1, 0.15) is 34.5 Å². The number of H-pyrrole nitrogens is 1. The Bertz CT molecular complexity index is 1240. The van der Waals surface area contributed by atoms with Crippen LogP contribution in [0.3, 0.4) is 0 Å². The topological polar surface area (TPSA) is 82.3 Å². The lowest BCUT2D eigenvalue weighted by Crippen LogP contribution is -2.31. The fourth-order valence-corrected chi connectivity index (χ4v) is 4.69. The summed E-state index contributed by atoms with van der Waals surface area (Å²) in [7, 11) is 2.09. The number of nitrogens with one attached hydrogen (secondary N) is 3. The highest BCUT2D eigenvalue weighted by atomic mass is 19.1. The van der Waals surface area contributed by atoms with Gasteiger partial charge in [-0.3, -0.25) is 9.78 Å². The molecule has 0 bridgehead atoms. The zero-order chi connectivity index (χ0) is 23.8. The molecule has 0 saturated carbocycles. The number of aromatic amines is 1. The van der Waals surface area contributed by atoms with E-state index < -0.39 is 11.6 Å². The molecule has 1 amide bonds. The average molecular weight is 468 g/mol. The number of carbonyl (C=O) groups is 1. The van der Waals surface area contributed by atoms with Crippen LogP contribution in [0.25, 0.3) is 11.3 Å². The maximum absolute atomic E-state index is 14.3. The van der Waals surface area contributed by atoms with Crippen LogP contribution in [0, 0.1) is 18.6 Å². The molecule has 0 aliphatic carbocycles. The number of anilines is 2. The normalized spacial score (nSPS) is 18.0. The summed E-state index contributed by atoms with van der Waals surface area (Å²) in [6.07, 6.45) is 6.13. The molecule has 178 valence electrons. The SMILES string of the molecule is Cc1c(F)cc(F)cc1Nc1c(-c2ccncc2OCC2CCCN2C)[nH]c2c1C(=O)NCC2. The number of halogens is 2. The lowest BCUT2D eigenvalue weighted by atomic mass is 10.0. The summed E-state index contributed by atoms with van der Waals surface area (Å²) in [5.41, 5.74) is 3.49. The summed E-state index contributed by atoms with van der Waals surface area (Å²) in [6, 6.07) is 4.20. The molecule has 3 aromatic rings. The van der Waals surface area contributed by atoms with Gasteiger partial charge in [-0.25, -0.2) is 8.78 Å². The second-order valence-corrected chi connectivity index (χ2v) is 8.88. The third kappa shape index (κ3) is 4.11. The van der Waals surface area contributed by atoms with E-state index in [9.17, 15) is 13.6 Å². The van der Waals surface area contributed by atoms with Crippen molar-refractivity contribution in [3.63, 3.8) is 0 Å². The number of ether oxygens (including phenoxy) is 1. The summed E-state index contributed by atoms with van der Waals surface area (Å²) >= 11 is 0. The fourth-order valence-electron chi connectivity index (χ4n) is 4.69. The van der Waals surface area contributed by atoms with E-state index in [4.69, 9.17) is 4.74 Å². The summed E-state index contributed by atoms with van der Waals surface area (Å²) in [5.74, 6) is -1.03. The van der Waals surface area contributed by atoms with Crippen LogP contribution >= 0.6 is 0 Å². The minimum Gasteiger partial charge on any atom is -0.490 e. The van der Waals surface area contributed by atoms with Crippen molar-refractivity contribution >= 4 is 17.3 Å². The molecule has 2 aliphatic heterocycles. The molecule has 1 saturated heterocycles. The number of fused-ring (bicyclic) bond motifs is 1. The first-order chi connectivity index (χ1) is 16.4. The van der Waals surface area contributed by atoms with E-state index in [2.05, 4.69) is 32.5 Å². The molecular formula is C25H27F2N5O2. The van der Waals surface area contributed by atoms with E-state index in [-0.39, 0.29) is 17.2 Å². The molecule has 1 fully saturated rings. The molecular weight excluding hydrogens is 440 g/mol. The van der Waals surface area contributed by atoms with E-state index in [1.807, 2.05) is 6.07 Å². The van der Waals surface area contributed by atoms with Crippen LogP contribution in [-0.4, -0.2) is 53.6 Å². The van der Waals surface area contributed by atoms with Crippen LogP contribution < -0.4 is 15.4 Å². The van der Waals surface area contributed by atoms with Crippen molar-refractivity contribution in [2.45, 2.75) is 32.2 Å². The number of likely N-dealkylation sites (tertiary alicyclic amines) is 1. The van der Waals surface area contributed by atoms with Crippen LogP contribution in [0.5, 0.6) is 5.75 Å². The van der Waals surface area contributed by atoms with E-state index in [0.29, 0.717) is 48.3 Å². The first-order valence-electron chi connectivity index (χ1n) is 11.5. The van der Waals surface area contributed by atoms with E-state index in [0.717, 1.165) is 36.7 Å². The number of aromatic nitrogens is 2. The number of likely N-dealkylation sites (N-methyl/N-ethyl adjacent to an activating group) is 1. The molecule has 1 aromatic carbocycles. The van der Waals surface area contributed by atoms with Gasteiger partial charge in [0.25, 0.3) is 5.91 Å². The fraction of sp³-hybridized carbons (Fsp3) is 0.360. The predicted molar refractivity (Wildman–Crippen MR) is 126 cm³/mol. The Hall–Kier alpha value is -3.46. The van der Waals surface area contributed by atoms with Gasteiger partial charge >= 0.3 is 0 Å². The standard InChI is InChI=1S/C25H27F2N5O2/c1-14-18(27)10-15(26)11-20(14)31-24-22-19(6-8-29-25(22)33)30-23(24)17-5-7-28-12-21(17)34-13-16-4-3-9-32(16)2/h5,7,10-12,16,30-31H,3-4,6,8-9,13H2,1-2H3,(H,29,33). The van der Waals surface area contributed by atoms with Gasteiger partial charge in [0.05, 0.1) is 23.1 Å². The van der Waals surface area contributed by atoms with E-state index in [1.54, 1.807) is 19.3 Å². The van der Waals surface area contributed by atoms with Crippen molar-refractivity contribution in [3.05, 3.63) is 59.0 Å². The van der Waals surface area contributed by atoms with Crippen LogP contribution in [-0.2, 0) is 6.42 Å². The number of rotatable bonds is 6. The van der Waals surface area contributed by atoms with Crippen molar-refractivity contribution < 1.29 is 18.3 Å². The first-order valence-corrected chi connectivity index (χ1v) is 11.5. The molecule has 0 spiro atoms. The molecule has 1 unspecified atom stereocenters. The monoisotopic (exact) mass is 467 g/mol. The molecule has 3 N–H and O–H groups in total. The molecule has 7 nitrogen and oxygen atoms in total. The number of benzene rings is 1. The summed E-state index contributed by atoms with van der Waals surface area (Å²) in [6.45, 7) is 3.64. The van der Waals surface area contributed by atoms with Gasteiger partial charge in [-0.2, -0.15) is 0 Å². The molecule has 2 aliphatic rings. The Morgan fingerprint density at radius 1 is 1.32 bits per heavy atom. The zero-order valence-corrected chi connectivity index (χ0v) is 19.2. The van der Waals surface area contributed by atoms with Crippen molar-refractivity contribution in [3.8, 4) is 17.0 Å². The smallest absolute Gasteiger partial charge is 0.255 e. The molecule has 1 atom stereocenters. The second-order valence-electron chi connectivity index (χ2n) is 8.88. The summed E-state index contributed by atoms with van der Waals surface area (Å²) in [4.78, 5) is 22.7. The van der Waals surface area contributed by atoms with Crippen LogP contribution in [0.2, 0.25) is 0 Å². The lowest BCUT2D eigenvalue weighted by molar-refractivity contribution is 0.0947. The second kappa shape index (κ2) is 9.06. The van der Waals surface area contributed by atoms with Gasteiger partial charge in [0.1, 0.15) is 24.0 Å². The van der Waals surface area contributed by atoms with Gasteiger partial charge < -0.3 is 25.3 Å². The highest BCUT2D eigenvalue weighted by Gasteiger charge is 2.29. The number of pyridine rings is 1. The average Bonchev–Trinajstić information content (AvgIpc) is 3.39. The van der Waals surface area contributed by atoms with Gasteiger partial charge in [0.2, 0.25) is 0 Å². The van der Waals surface area contributed by atoms with Gasteiger partial charge in [0, 0.05) is 53.8 Å². The van der Waals surface area contributed by atoms with Crippen LogP contribution in [0.15, 0.2) is 30.6 Å². The van der Waals surface area contributed by atoms with Crippen molar-refractivity contribution in [2.75, 3.05) is 32.1 Å². The summed E-state index contributed by atoms with van der Waals surface area (Å²) in [5, 5.41) is 5.99.